The van der Waals surface area contributed by atoms with E-state index in [-0.39, 0.29) is 22.6 Å². The highest BCUT2D eigenvalue weighted by Gasteiger charge is 2.32. The normalized spacial score (nSPS) is 16.8. The molecule has 1 N–H and O–H groups in total. The third kappa shape index (κ3) is 4.77. The van der Waals surface area contributed by atoms with Gasteiger partial charge in [-0.2, -0.15) is 4.31 Å². The molecule has 3 rings (SSSR count). The molecule has 0 aromatic heterocycles. The highest BCUT2D eigenvalue weighted by Crippen LogP contribution is 2.20. The first kappa shape index (κ1) is 22.1. The number of carbonyl (C=O) groups is 2. The van der Waals surface area contributed by atoms with Crippen molar-refractivity contribution in [2.45, 2.75) is 31.7 Å². The van der Waals surface area contributed by atoms with E-state index in [0.717, 1.165) is 11.3 Å². The molecule has 1 amide bonds. The zero-order valence-electron chi connectivity index (χ0n) is 17.5. The summed E-state index contributed by atoms with van der Waals surface area (Å²) in [4.78, 5) is 26.2. The van der Waals surface area contributed by atoms with Crippen molar-refractivity contribution < 1.29 is 18.0 Å². The summed E-state index contributed by atoms with van der Waals surface area (Å²) in [6.45, 7) is 6.75. The van der Waals surface area contributed by atoms with Crippen LogP contribution in [0.2, 0.25) is 0 Å². The Kier molecular flexibility index (Phi) is 6.70. The van der Waals surface area contributed by atoms with Crippen LogP contribution >= 0.6 is 0 Å². The average molecular weight is 430 g/mol. The number of ketones is 1. The van der Waals surface area contributed by atoms with E-state index in [2.05, 4.69) is 5.32 Å². The fourth-order valence-corrected chi connectivity index (χ4v) is 4.88. The Morgan fingerprint density at radius 2 is 1.57 bits per heavy atom. The summed E-state index contributed by atoms with van der Waals surface area (Å²) in [7, 11) is -3.63. The minimum atomic E-state index is -3.63. The lowest BCUT2D eigenvalue weighted by atomic mass is 10.1. The number of nitrogens with one attached hydrogen (secondary N) is 1. The van der Waals surface area contributed by atoms with Crippen molar-refractivity contribution in [1.29, 1.82) is 0 Å². The molecule has 0 radical (unpaired) electrons. The first-order valence-electron chi connectivity index (χ1n) is 9.92. The summed E-state index contributed by atoms with van der Waals surface area (Å²) >= 11 is 0. The number of piperazine rings is 1. The van der Waals surface area contributed by atoms with E-state index >= 15 is 0 Å². The van der Waals surface area contributed by atoms with E-state index in [1.165, 1.54) is 35.5 Å². The molecule has 0 unspecified atom stereocenters. The van der Waals surface area contributed by atoms with Gasteiger partial charge in [0, 0.05) is 37.4 Å². The van der Waals surface area contributed by atoms with Gasteiger partial charge in [-0.05, 0) is 44.5 Å². The number of hydrogen-bond acceptors (Lipinski definition) is 5. The van der Waals surface area contributed by atoms with Crippen molar-refractivity contribution in [2.24, 2.45) is 0 Å². The maximum absolute atomic E-state index is 12.9. The molecule has 7 nitrogen and oxygen atoms in total. The quantitative estimate of drug-likeness (QED) is 0.713. The number of aryl methyl sites for hydroxylation is 1. The van der Waals surface area contributed by atoms with Gasteiger partial charge in [-0.25, -0.2) is 8.42 Å². The highest BCUT2D eigenvalue weighted by atomic mass is 32.2. The Labute approximate surface area is 177 Å². The molecule has 8 heteroatoms. The van der Waals surface area contributed by atoms with Gasteiger partial charge in [0.1, 0.15) is 0 Å². The predicted molar refractivity (Wildman–Crippen MR) is 116 cm³/mol. The summed E-state index contributed by atoms with van der Waals surface area (Å²) in [6, 6.07) is 13.2. The molecule has 2 aromatic carbocycles. The number of Topliss-reactive ketones (excluding diaryl/α,β-unsaturated/α-hetero) is 1. The molecule has 0 spiro atoms. The van der Waals surface area contributed by atoms with Crippen LogP contribution < -0.4 is 5.32 Å². The van der Waals surface area contributed by atoms with Gasteiger partial charge < -0.3 is 5.32 Å². The van der Waals surface area contributed by atoms with Gasteiger partial charge >= 0.3 is 0 Å². The zero-order valence-corrected chi connectivity index (χ0v) is 18.3. The number of sulfonamides is 1. The Balaban J connectivity index is 1.61. The van der Waals surface area contributed by atoms with Crippen LogP contribution in [-0.4, -0.2) is 61.5 Å². The molecule has 1 atom stereocenters. The van der Waals surface area contributed by atoms with E-state index in [1.807, 2.05) is 43.0 Å². The molecular formula is C22H27N3O4S. The maximum Gasteiger partial charge on any atom is 0.243 e. The lowest BCUT2D eigenvalue weighted by molar-refractivity contribution is -0.121. The van der Waals surface area contributed by atoms with Crippen LogP contribution in [0.25, 0.3) is 0 Å². The Hall–Kier alpha value is -2.55. The lowest BCUT2D eigenvalue weighted by Crippen LogP contribution is -2.53. The number of benzene rings is 2. The molecule has 1 aliphatic heterocycles. The number of hydrogen-bond donors (Lipinski definition) is 1. The van der Waals surface area contributed by atoms with Gasteiger partial charge in [-0.3, -0.25) is 14.5 Å². The van der Waals surface area contributed by atoms with Crippen LogP contribution in [-0.2, 0) is 14.8 Å². The molecule has 30 heavy (non-hydrogen) atoms. The lowest BCUT2D eigenvalue weighted by Gasteiger charge is -2.36. The Bertz CT molecular complexity index is 1030. The van der Waals surface area contributed by atoms with E-state index in [1.54, 1.807) is 0 Å². The van der Waals surface area contributed by atoms with Gasteiger partial charge in [-0.15, -0.1) is 0 Å². The summed E-state index contributed by atoms with van der Waals surface area (Å²) < 4.78 is 27.2. The molecular weight excluding hydrogens is 402 g/mol. The molecule has 160 valence electrons. The van der Waals surface area contributed by atoms with Crippen molar-refractivity contribution in [3.05, 3.63) is 59.7 Å². The Morgan fingerprint density at radius 1 is 0.967 bits per heavy atom. The third-order valence-corrected chi connectivity index (χ3v) is 7.41. The van der Waals surface area contributed by atoms with Crippen molar-refractivity contribution in [3.8, 4) is 0 Å². The van der Waals surface area contributed by atoms with Gasteiger partial charge in [0.2, 0.25) is 15.9 Å². The van der Waals surface area contributed by atoms with Crippen molar-refractivity contribution in [2.75, 3.05) is 31.5 Å². The number of para-hydroxylation sites is 1. The number of anilines is 1. The SMILES string of the molecule is CC(=O)c1ccc(S(=O)(=O)N2CCN([C@@H](C)C(=O)Nc3ccccc3C)CC2)cc1. The molecule has 0 aliphatic carbocycles. The number of nitrogens with zero attached hydrogens (tertiary/aromatic N) is 2. The topological polar surface area (TPSA) is 86.8 Å². The highest BCUT2D eigenvalue weighted by molar-refractivity contribution is 7.89. The third-order valence-electron chi connectivity index (χ3n) is 5.50. The summed E-state index contributed by atoms with van der Waals surface area (Å²) in [5, 5.41) is 2.95. The molecule has 0 bridgehead atoms. The van der Waals surface area contributed by atoms with Crippen LogP contribution in [0, 0.1) is 6.92 Å². The monoisotopic (exact) mass is 429 g/mol. The first-order valence-corrected chi connectivity index (χ1v) is 11.4. The number of carbonyl (C=O) groups excluding carboxylic acids is 2. The molecule has 0 saturated carbocycles. The van der Waals surface area contributed by atoms with Gasteiger partial charge in [-0.1, -0.05) is 30.3 Å². The van der Waals surface area contributed by atoms with E-state index in [0.29, 0.717) is 31.7 Å². The molecule has 1 aliphatic rings. The molecule has 1 heterocycles. The minimum absolute atomic E-state index is 0.106. The van der Waals surface area contributed by atoms with E-state index in [9.17, 15) is 18.0 Å². The Morgan fingerprint density at radius 3 is 2.13 bits per heavy atom. The van der Waals surface area contributed by atoms with E-state index in [4.69, 9.17) is 0 Å². The van der Waals surface area contributed by atoms with Crippen molar-refractivity contribution in [1.82, 2.24) is 9.21 Å². The fourth-order valence-electron chi connectivity index (χ4n) is 3.46. The largest absolute Gasteiger partial charge is 0.324 e. The standard InChI is InChI=1S/C22H27N3O4S/c1-16-6-4-5-7-21(16)23-22(27)17(2)24-12-14-25(15-13-24)30(28,29)20-10-8-19(9-11-20)18(3)26/h4-11,17H,12-15H2,1-3H3,(H,23,27)/t17-/m0/s1. The zero-order chi connectivity index (χ0) is 21.9. The van der Waals surface area contributed by atoms with Crippen molar-refractivity contribution in [3.63, 3.8) is 0 Å². The first-order chi connectivity index (χ1) is 14.2. The van der Waals surface area contributed by atoms with E-state index < -0.39 is 10.0 Å². The second-order valence-electron chi connectivity index (χ2n) is 7.50. The number of amides is 1. The second kappa shape index (κ2) is 9.07. The van der Waals surface area contributed by atoms with Gasteiger partial charge in [0.05, 0.1) is 10.9 Å². The molecule has 1 fully saturated rings. The van der Waals surface area contributed by atoms with Crippen molar-refractivity contribution >= 4 is 27.4 Å². The summed E-state index contributed by atoms with van der Waals surface area (Å²) in [5.74, 6) is -0.217. The molecule has 2 aromatic rings. The van der Waals surface area contributed by atoms with Crippen LogP contribution in [0.3, 0.4) is 0 Å². The summed E-state index contributed by atoms with van der Waals surface area (Å²) in [6.07, 6.45) is 0. The average Bonchev–Trinajstić information content (AvgIpc) is 2.75. The van der Waals surface area contributed by atoms with Crippen LogP contribution in [0.5, 0.6) is 0 Å². The smallest absolute Gasteiger partial charge is 0.243 e. The van der Waals surface area contributed by atoms with Crippen LogP contribution in [0.1, 0.15) is 29.8 Å². The fraction of sp³-hybridized carbons (Fsp3) is 0.364. The summed E-state index contributed by atoms with van der Waals surface area (Å²) in [5.41, 5.74) is 2.25. The number of rotatable bonds is 6. The predicted octanol–water partition coefficient (Wildman–Crippen LogP) is 2.53. The van der Waals surface area contributed by atoms with Crippen LogP contribution in [0.15, 0.2) is 53.4 Å². The van der Waals surface area contributed by atoms with Gasteiger partial charge in [0.15, 0.2) is 5.78 Å². The maximum atomic E-state index is 12.9. The van der Waals surface area contributed by atoms with Gasteiger partial charge in [0.25, 0.3) is 0 Å². The minimum Gasteiger partial charge on any atom is -0.324 e. The molecule has 1 saturated heterocycles. The second-order valence-corrected chi connectivity index (χ2v) is 9.44. The van der Waals surface area contributed by atoms with Crippen LogP contribution in [0.4, 0.5) is 5.69 Å².